The molecule has 8 heteroatoms. The molecule has 1 N–H and O–H groups in total. The number of amides is 1. The van der Waals surface area contributed by atoms with Gasteiger partial charge in [-0.3, -0.25) is 4.79 Å². The third kappa shape index (κ3) is 3.76. The molecule has 1 atom stereocenters. The smallest absolute Gasteiger partial charge is 0.345 e. The Kier molecular flexibility index (Phi) is 5.28. The van der Waals surface area contributed by atoms with E-state index < -0.39 is 16.1 Å². The molecule has 1 aliphatic heterocycles. The highest BCUT2D eigenvalue weighted by molar-refractivity contribution is 7.88. The van der Waals surface area contributed by atoms with E-state index in [4.69, 9.17) is 4.74 Å². The van der Waals surface area contributed by atoms with E-state index in [1.54, 1.807) is 24.3 Å². The minimum Gasteiger partial charge on any atom is -0.497 e. The number of allylic oxidation sites excluding steroid dienone is 1. The maximum Gasteiger partial charge on any atom is 0.345 e. The molecule has 0 saturated heterocycles. The lowest BCUT2D eigenvalue weighted by Gasteiger charge is -2.24. The standard InChI is InChI=1S/C16H21N3O4S/c1-5-11(2)17-16(20)15-10-14(18-24(21,22)19(15)3)12-7-6-8-13(9-12)23-4/h6-11H,5H2,1-4H3,(H,17,20). The Hall–Kier alpha value is -2.35. The largest absolute Gasteiger partial charge is 0.497 e. The normalized spacial score (nSPS) is 17.6. The number of nitrogens with zero attached hydrogens (tertiary/aromatic N) is 2. The Morgan fingerprint density at radius 3 is 2.75 bits per heavy atom. The number of carbonyl (C=O) groups is 1. The topological polar surface area (TPSA) is 88.1 Å². The van der Waals surface area contributed by atoms with Crippen LogP contribution in [-0.4, -0.2) is 44.5 Å². The van der Waals surface area contributed by atoms with E-state index in [2.05, 4.69) is 9.71 Å². The first-order valence-electron chi connectivity index (χ1n) is 7.54. The van der Waals surface area contributed by atoms with Gasteiger partial charge in [0.25, 0.3) is 5.91 Å². The summed E-state index contributed by atoms with van der Waals surface area (Å²) in [6, 6.07) is 6.79. The van der Waals surface area contributed by atoms with Gasteiger partial charge >= 0.3 is 10.2 Å². The van der Waals surface area contributed by atoms with Crippen LogP contribution in [0.4, 0.5) is 0 Å². The SMILES string of the molecule is CCC(C)NC(=O)C1=CC(c2cccc(OC)c2)=NS(=O)(=O)N1C. The molecule has 1 heterocycles. The number of ether oxygens (including phenoxy) is 1. The number of benzene rings is 1. The highest BCUT2D eigenvalue weighted by Crippen LogP contribution is 2.22. The summed E-state index contributed by atoms with van der Waals surface area (Å²) in [7, 11) is -1.13. The fourth-order valence-corrected chi connectivity index (χ4v) is 3.00. The second kappa shape index (κ2) is 7.04. The number of nitrogens with one attached hydrogen (secondary N) is 1. The predicted molar refractivity (Wildman–Crippen MR) is 92.2 cm³/mol. The maximum absolute atomic E-state index is 12.4. The van der Waals surface area contributed by atoms with Gasteiger partial charge in [0.05, 0.1) is 12.8 Å². The van der Waals surface area contributed by atoms with E-state index in [0.717, 1.165) is 10.7 Å². The number of methoxy groups -OCH3 is 1. The van der Waals surface area contributed by atoms with Gasteiger partial charge in [0, 0.05) is 18.7 Å². The first kappa shape index (κ1) is 18.0. The average molecular weight is 351 g/mol. The van der Waals surface area contributed by atoms with Crippen LogP contribution in [0.25, 0.3) is 0 Å². The van der Waals surface area contributed by atoms with E-state index in [0.29, 0.717) is 11.3 Å². The van der Waals surface area contributed by atoms with Crippen molar-refractivity contribution in [3.05, 3.63) is 41.6 Å². The number of hydrogen-bond acceptors (Lipinski definition) is 4. The van der Waals surface area contributed by atoms with Gasteiger partial charge in [-0.05, 0) is 31.6 Å². The monoisotopic (exact) mass is 351 g/mol. The lowest BCUT2D eigenvalue weighted by Crippen LogP contribution is -2.41. The lowest BCUT2D eigenvalue weighted by atomic mass is 10.1. The molecule has 7 nitrogen and oxygen atoms in total. The molecule has 1 aromatic carbocycles. The van der Waals surface area contributed by atoms with Crippen LogP contribution in [0.15, 0.2) is 40.4 Å². The van der Waals surface area contributed by atoms with Gasteiger partial charge in [-0.1, -0.05) is 19.1 Å². The molecule has 0 aromatic heterocycles. The molecule has 1 amide bonds. The van der Waals surface area contributed by atoms with Crippen LogP contribution in [0.1, 0.15) is 25.8 Å². The van der Waals surface area contributed by atoms with Crippen molar-refractivity contribution in [2.75, 3.05) is 14.2 Å². The van der Waals surface area contributed by atoms with Crippen molar-refractivity contribution >= 4 is 21.8 Å². The molecule has 1 aliphatic rings. The average Bonchev–Trinajstić information content (AvgIpc) is 2.56. The molecule has 0 saturated carbocycles. The van der Waals surface area contributed by atoms with Crippen molar-refractivity contribution in [2.45, 2.75) is 26.3 Å². The summed E-state index contributed by atoms with van der Waals surface area (Å²) >= 11 is 0. The number of hydrogen-bond donors (Lipinski definition) is 1. The van der Waals surface area contributed by atoms with Crippen LogP contribution < -0.4 is 10.1 Å². The second-order valence-electron chi connectivity index (χ2n) is 5.47. The summed E-state index contributed by atoms with van der Waals surface area (Å²) in [4.78, 5) is 12.4. The summed E-state index contributed by atoms with van der Waals surface area (Å²) in [5.41, 5.74) is 0.782. The van der Waals surface area contributed by atoms with E-state index in [9.17, 15) is 13.2 Å². The van der Waals surface area contributed by atoms with Crippen LogP contribution >= 0.6 is 0 Å². The van der Waals surface area contributed by atoms with Crippen molar-refractivity contribution in [3.63, 3.8) is 0 Å². The maximum atomic E-state index is 12.4. The van der Waals surface area contributed by atoms with Crippen molar-refractivity contribution < 1.29 is 17.9 Å². The minimum absolute atomic E-state index is 0.0307. The summed E-state index contributed by atoms with van der Waals surface area (Å²) in [6.45, 7) is 3.79. The highest BCUT2D eigenvalue weighted by Gasteiger charge is 2.30. The van der Waals surface area contributed by atoms with E-state index >= 15 is 0 Å². The van der Waals surface area contributed by atoms with Gasteiger partial charge < -0.3 is 10.1 Å². The van der Waals surface area contributed by atoms with Gasteiger partial charge in [-0.25, -0.2) is 4.31 Å². The summed E-state index contributed by atoms with van der Waals surface area (Å²) in [5, 5.41) is 2.77. The number of carbonyl (C=O) groups excluding carboxylic acids is 1. The Morgan fingerprint density at radius 1 is 1.42 bits per heavy atom. The Labute approximate surface area is 142 Å². The zero-order valence-electron chi connectivity index (χ0n) is 14.1. The molecule has 1 unspecified atom stereocenters. The fourth-order valence-electron chi connectivity index (χ4n) is 2.08. The molecule has 0 fully saturated rings. The Morgan fingerprint density at radius 2 is 2.12 bits per heavy atom. The second-order valence-corrected chi connectivity index (χ2v) is 7.09. The van der Waals surface area contributed by atoms with Crippen LogP contribution in [0.5, 0.6) is 5.75 Å². The molecule has 0 spiro atoms. The molecular formula is C16H21N3O4S. The van der Waals surface area contributed by atoms with E-state index in [1.165, 1.54) is 20.2 Å². The third-order valence-electron chi connectivity index (χ3n) is 3.76. The Balaban J connectivity index is 2.45. The van der Waals surface area contributed by atoms with E-state index in [-0.39, 0.29) is 17.5 Å². The van der Waals surface area contributed by atoms with Gasteiger partial charge in [0.15, 0.2) is 0 Å². The molecule has 0 bridgehead atoms. The first-order chi connectivity index (χ1) is 11.3. The number of rotatable bonds is 5. The van der Waals surface area contributed by atoms with Crippen molar-refractivity contribution in [1.29, 1.82) is 0 Å². The van der Waals surface area contributed by atoms with Crippen LogP contribution in [-0.2, 0) is 15.0 Å². The molecule has 24 heavy (non-hydrogen) atoms. The van der Waals surface area contributed by atoms with Crippen molar-refractivity contribution in [2.24, 2.45) is 4.40 Å². The van der Waals surface area contributed by atoms with Gasteiger partial charge in [0.2, 0.25) is 0 Å². The molecule has 0 aliphatic carbocycles. The molecule has 2 rings (SSSR count). The Bertz CT molecular complexity index is 799. The zero-order chi connectivity index (χ0) is 17.9. The minimum atomic E-state index is -3.96. The molecule has 0 radical (unpaired) electrons. The third-order valence-corrected chi connectivity index (χ3v) is 5.08. The molecule has 130 valence electrons. The van der Waals surface area contributed by atoms with Crippen molar-refractivity contribution in [3.8, 4) is 5.75 Å². The highest BCUT2D eigenvalue weighted by atomic mass is 32.2. The van der Waals surface area contributed by atoms with Crippen LogP contribution in [0.3, 0.4) is 0 Å². The van der Waals surface area contributed by atoms with E-state index in [1.807, 2.05) is 13.8 Å². The molecule has 1 aromatic rings. The first-order valence-corrected chi connectivity index (χ1v) is 8.94. The van der Waals surface area contributed by atoms with Crippen molar-refractivity contribution in [1.82, 2.24) is 9.62 Å². The van der Waals surface area contributed by atoms with Gasteiger partial charge in [-0.2, -0.15) is 8.42 Å². The summed E-state index contributed by atoms with van der Waals surface area (Å²) in [5.74, 6) is 0.122. The molecular weight excluding hydrogens is 330 g/mol. The fraction of sp³-hybridized carbons (Fsp3) is 0.375. The number of likely N-dealkylation sites (N-methyl/N-ethyl adjacent to an activating group) is 1. The van der Waals surface area contributed by atoms with Crippen LogP contribution in [0.2, 0.25) is 0 Å². The zero-order valence-corrected chi connectivity index (χ0v) is 14.9. The quantitative estimate of drug-likeness (QED) is 0.870. The summed E-state index contributed by atoms with van der Waals surface area (Å²) in [6.07, 6.45) is 2.21. The van der Waals surface area contributed by atoms with Crippen LogP contribution in [0, 0.1) is 0 Å². The predicted octanol–water partition coefficient (Wildman–Crippen LogP) is 1.47. The summed E-state index contributed by atoms with van der Waals surface area (Å²) < 4.78 is 34.4. The van der Waals surface area contributed by atoms with Gasteiger partial charge in [-0.15, -0.1) is 4.40 Å². The lowest BCUT2D eigenvalue weighted by molar-refractivity contribution is -0.119. The van der Waals surface area contributed by atoms with Gasteiger partial charge in [0.1, 0.15) is 11.4 Å².